The fourth-order valence-corrected chi connectivity index (χ4v) is 6.98. The standard InChI is InChI=1S/C40H25Br/c41-38-23-22-36(30-16-6-7-17-31(30)38)39-32-18-8-10-20-34(32)40(35-21-11-9-19-33(35)39)37-25-28(26-12-2-1-3-13-26)24-27-14-4-5-15-29(27)37/h1-25H. The molecule has 1 heteroatoms. The Morgan fingerprint density at radius 3 is 1.44 bits per heavy atom. The lowest BCUT2D eigenvalue weighted by molar-refractivity contribution is 1.63. The second-order valence-corrected chi connectivity index (χ2v) is 11.4. The van der Waals surface area contributed by atoms with Gasteiger partial charge in [0.05, 0.1) is 0 Å². The normalized spacial score (nSPS) is 11.5. The van der Waals surface area contributed by atoms with Crippen LogP contribution in [0.4, 0.5) is 0 Å². The summed E-state index contributed by atoms with van der Waals surface area (Å²) in [6.45, 7) is 0. The van der Waals surface area contributed by atoms with Gasteiger partial charge in [0.25, 0.3) is 0 Å². The second-order valence-electron chi connectivity index (χ2n) is 10.6. The van der Waals surface area contributed by atoms with Crippen LogP contribution in [0, 0.1) is 0 Å². The minimum Gasteiger partial charge on any atom is -0.0622 e. The highest BCUT2D eigenvalue weighted by atomic mass is 79.9. The third kappa shape index (κ3) is 3.89. The van der Waals surface area contributed by atoms with Crippen LogP contribution in [0.2, 0.25) is 0 Å². The van der Waals surface area contributed by atoms with Crippen molar-refractivity contribution in [1.82, 2.24) is 0 Å². The number of hydrogen-bond acceptors (Lipinski definition) is 0. The summed E-state index contributed by atoms with van der Waals surface area (Å²) in [6, 6.07) is 55.2. The van der Waals surface area contributed by atoms with Gasteiger partial charge in [0, 0.05) is 4.47 Å². The Labute approximate surface area is 247 Å². The fourth-order valence-electron chi connectivity index (χ4n) is 6.50. The predicted molar refractivity (Wildman–Crippen MR) is 180 cm³/mol. The molecule has 0 aliphatic carbocycles. The van der Waals surface area contributed by atoms with Gasteiger partial charge in [0.1, 0.15) is 0 Å². The van der Waals surface area contributed by atoms with Crippen LogP contribution in [0.5, 0.6) is 0 Å². The van der Waals surface area contributed by atoms with Crippen LogP contribution in [-0.2, 0) is 0 Å². The summed E-state index contributed by atoms with van der Waals surface area (Å²) in [5.74, 6) is 0. The summed E-state index contributed by atoms with van der Waals surface area (Å²) in [6.07, 6.45) is 0. The molecule has 0 nitrogen and oxygen atoms in total. The first-order chi connectivity index (χ1) is 20.3. The molecule has 0 saturated carbocycles. The predicted octanol–water partition coefficient (Wildman–Crippen LogP) is 12.1. The monoisotopic (exact) mass is 584 g/mol. The quantitative estimate of drug-likeness (QED) is 0.181. The minimum absolute atomic E-state index is 1.12. The van der Waals surface area contributed by atoms with Gasteiger partial charge in [0.2, 0.25) is 0 Å². The Bertz CT molecular complexity index is 2200. The molecular formula is C40H25Br. The van der Waals surface area contributed by atoms with Crippen LogP contribution in [0.15, 0.2) is 156 Å². The van der Waals surface area contributed by atoms with Crippen molar-refractivity contribution in [2.45, 2.75) is 0 Å². The molecule has 0 saturated heterocycles. The zero-order valence-corrected chi connectivity index (χ0v) is 23.9. The number of hydrogen-bond donors (Lipinski definition) is 0. The van der Waals surface area contributed by atoms with Crippen molar-refractivity contribution in [2.75, 3.05) is 0 Å². The van der Waals surface area contributed by atoms with Crippen LogP contribution >= 0.6 is 15.9 Å². The fraction of sp³-hybridized carbons (Fsp3) is 0. The van der Waals surface area contributed by atoms with Crippen molar-refractivity contribution in [3.63, 3.8) is 0 Å². The third-order valence-electron chi connectivity index (χ3n) is 8.31. The summed E-state index contributed by atoms with van der Waals surface area (Å²) in [5.41, 5.74) is 7.55. The zero-order valence-electron chi connectivity index (χ0n) is 22.3. The SMILES string of the molecule is Brc1ccc(-c2c3ccccc3c(-c3cc(-c4ccccc4)cc4ccccc34)c3ccccc23)c2ccccc12. The highest BCUT2D eigenvalue weighted by molar-refractivity contribution is 9.10. The molecule has 0 fully saturated rings. The van der Waals surface area contributed by atoms with E-state index in [2.05, 4.69) is 168 Å². The zero-order chi connectivity index (χ0) is 27.3. The van der Waals surface area contributed by atoms with E-state index in [1.807, 2.05) is 0 Å². The van der Waals surface area contributed by atoms with Crippen LogP contribution in [0.25, 0.3) is 76.5 Å². The maximum Gasteiger partial charge on any atom is 0.0254 e. The van der Waals surface area contributed by atoms with E-state index in [9.17, 15) is 0 Å². The lowest BCUT2D eigenvalue weighted by Gasteiger charge is -2.20. The molecule has 0 aliphatic heterocycles. The van der Waals surface area contributed by atoms with Crippen molar-refractivity contribution >= 4 is 59.0 Å². The molecule has 41 heavy (non-hydrogen) atoms. The molecule has 0 unspecified atom stereocenters. The molecule has 0 heterocycles. The minimum atomic E-state index is 1.12. The first-order valence-electron chi connectivity index (χ1n) is 14.0. The van der Waals surface area contributed by atoms with E-state index in [1.165, 1.54) is 76.5 Å². The molecule has 0 bridgehead atoms. The summed E-state index contributed by atoms with van der Waals surface area (Å²) >= 11 is 3.79. The molecule has 0 radical (unpaired) electrons. The first kappa shape index (κ1) is 24.1. The largest absolute Gasteiger partial charge is 0.0622 e. The first-order valence-corrected chi connectivity index (χ1v) is 14.8. The molecule has 0 aromatic heterocycles. The highest BCUT2D eigenvalue weighted by Gasteiger charge is 2.20. The molecule has 0 N–H and O–H groups in total. The maximum absolute atomic E-state index is 3.79. The Hall–Kier alpha value is -4.72. The topological polar surface area (TPSA) is 0 Å². The Morgan fingerprint density at radius 2 is 0.805 bits per heavy atom. The Morgan fingerprint density at radius 1 is 0.317 bits per heavy atom. The van der Waals surface area contributed by atoms with Crippen molar-refractivity contribution < 1.29 is 0 Å². The Balaban J connectivity index is 1.55. The van der Waals surface area contributed by atoms with Crippen LogP contribution in [-0.4, -0.2) is 0 Å². The van der Waals surface area contributed by atoms with Crippen molar-refractivity contribution in [3.05, 3.63) is 156 Å². The molecule has 8 aromatic carbocycles. The molecule has 192 valence electrons. The number of halogens is 1. The summed E-state index contributed by atoms with van der Waals surface area (Å²) < 4.78 is 1.12. The third-order valence-corrected chi connectivity index (χ3v) is 9.00. The molecule has 8 rings (SSSR count). The van der Waals surface area contributed by atoms with Gasteiger partial charge >= 0.3 is 0 Å². The lowest BCUT2D eigenvalue weighted by Crippen LogP contribution is -1.93. The van der Waals surface area contributed by atoms with E-state index in [-0.39, 0.29) is 0 Å². The molecular weight excluding hydrogens is 560 g/mol. The van der Waals surface area contributed by atoms with E-state index < -0.39 is 0 Å². The van der Waals surface area contributed by atoms with E-state index in [0.29, 0.717) is 0 Å². The maximum atomic E-state index is 3.79. The summed E-state index contributed by atoms with van der Waals surface area (Å²) in [5, 5.41) is 10.1. The molecule has 0 amide bonds. The van der Waals surface area contributed by atoms with Gasteiger partial charge in [-0.1, -0.05) is 149 Å². The van der Waals surface area contributed by atoms with Crippen LogP contribution in [0.3, 0.4) is 0 Å². The van der Waals surface area contributed by atoms with Crippen molar-refractivity contribution in [2.24, 2.45) is 0 Å². The number of rotatable bonds is 3. The van der Waals surface area contributed by atoms with Gasteiger partial charge in [-0.25, -0.2) is 0 Å². The van der Waals surface area contributed by atoms with Gasteiger partial charge in [-0.2, -0.15) is 0 Å². The van der Waals surface area contributed by atoms with E-state index in [4.69, 9.17) is 0 Å². The van der Waals surface area contributed by atoms with Crippen molar-refractivity contribution in [1.29, 1.82) is 0 Å². The Kier molecular flexibility index (Phi) is 5.72. The summed E-state index contributed by atoms with van der Waals surface area (Å²) in [4.78, 5) is 0. The van der Waals surface area contributed by atoms with Gasteiger partial charge in [0.15, 0.2) is 0 Å². The molecule has 0 atom stereocenters. The number of benzene rings is 8. The van der Waals surface area contributed by atoms with Gasteiger partial charge < -0.3 is 0 Å². The van der Waals surface area contributed by atoms with Crippen molar-refractivity contribution in [3.8, 4) is 33.4 Å². The molecule has 8 aromatic rings. The van der Waals surface area contributed by atoms with Crippen LogP contribution < -0.4 is 0 Å². The molecule has 0 aliphatic rings. The highest BCUT2D eigenvalue weighted by Crippen LogP contribution is 2.47. The van der Waals surface area contributed by atoms with E-state index in [0.717, 1.165) is 4.47 Å². The number of fused-ring (bicyclic) bond motifs is 4. The average molecular weight is 586 g/mol. The van der Waals surface area contributed by atoms with Gasteiger partial charge in [-0.05, 0) is 94.7 Å². The van der Waals surface area contributed by atoms with Crippen LogP contribution in [0.1, 0.15) is 0 Å². The smallest absolute Gasteiger partial charge is 0.0254 e. The van der Waals surface area contributed by atoms with E-state index in [1.54, 1.807) is 0 Å². The second kappa shape index (κ2) is 9.73. The lowest BCUT2D eigenvalue weighted by atomic mass is 9.83. The van der Waals surface area contributed by atoms with Gasteiger partial charge in [-0.15, -0.1) is 0 Å². The summed E-state index contributed by atoms with van der Waals surface area (Å²) in [7, 11) is 0. The molecule has 0 spiro atoms. The average Bonchev–Trinajstić information content (AvgIpc) is 3.04. The van der Waals surface area contributed by atoms with Gasteiger partial charge in [-0.3, -0.25) is 0 Å². The van der Waals surface area contributed by atoms with E-state index >= 15 is 0 Å².